The van der Waals surface area contributed by atoms with Crippen LogP contribution in [-0.2, 0) is 0 Å². The molecule has 0 aromatic heterocycles. The minimum atomic E-state index is -1.24. The molecule has 3 aromatic rings. The molecule has 0 spiro atoms. The minimum absolute atomic E-state index is 0.00248. The van der Waals surface area contributed by atoms with Crippen LogP contribution >= 0.6 is 0 Å². The summed E-state index contributed by atoms with van der Waals surface area (Å²) in [6.07, 6.45) is 0. The van der Waals surface area contributed by atoms with Gasteiger partial charge in [0.2, 0.25) is 5.75 Å². The van der Waals surface area contributed by atoms with Gasteiger partial charge in [0.05, 0.1) is 41.6 Å². The number of nitro benzene ring substituents is 1. The van der Waals surface area contributed by atoms with Gasteiger partial charge >= 0.3 is 11.7 Å². The average molecular weight is 523 g/mol. The van der Waals surface area contributed by atoms with E-state index in [1.54, 1.807) is 19.9 Å². The van der Waals surface area contributed by atoms with Crippen LogP contribution in [-0.4, -0.2) is 47.1 Å². The van der Waals surface area contributed by atoms with Crippen molar-refractivity contribution in [3.63, 3.8) is 0 Å². The van der Waals surface area contributed by atoms with E-state index in [-0.39, 0.29) is 39.6 Å². The summed E-state index contributed by atoms with van der Waals surface area (Å²) in [5, 5.41) is 36.2. The summed E-state index contributed by atoms with van der Waals surface area (Å²) in [6.45, 7) is 4.86. The Morgan fingerprint density at radius 3 is 1.66 bits per heavy atom. The lowest BCUT2D eigenvalue weighted by Gasteiger charge is -2.18. The number of amides is 2. The first-order valence-corrected chi connectivity index (χ1v) is 11.1. The number of aromatic hydroxyl groups is 1. The van der Waals surface area contributed by atoms with Gasteiger partial charge in [-0.05, 0) is 67.8 Å². The van der Waals surface area contributed by atoms with Gasteiger partial charge in [-0.1, -0.05) is 0 Å². The van der Waals surface area contributed by atoms with Crippen molar-refractivity contribution in [1.82, 2.24) is 0 Å². The highest BCUT2D eigenvalue weighted by Gasteiger charge is 2.25. The first-order valence-electron chi connectivity index (χ1n) is 11.1. The van der Waals surface area contributed by atoms with Crippen molar-refractivity contribution in [2.24, 2.45) is 0 Å². The molecule has 0 aliphatic carbocycles. The summed E-state index contributed by atoms with van der Waals surface area (Å²) in [7, 11) is 2.56. The number of aromatic carboxylic acids is 1. The molecule has 0 fully saturated rings. The van der Waals surface area contributed by atoms with Crippen molar-refractivity contribution in [3.8, 4) is 17.2 Å². The Morgan fingerprint density at radius 1 is 0.763 bits per heavy atom. The molecule has 3 aromatic carbocycles. The van der Waals surface area contributed by atoms with Crippen LogP contribution in [0.5, 0.6) is 17.2 Å². The maximum Gasteiger partial charge on any atom is 0.339 e. The van der Waals surface area contributed by atoms with Gasteiger partial charge in [-0.25, -0.2) is 4.79 Å². The molecule has 3 rings (SSSR count). The van der Waals surface area contributed by atoms with Gasteiger partial charge in [0.1, 0.15) is 5.56 Å². The van der Waals surface area contributed by atoms with E-state index in [1.807, 2.05) is 0 Å². The standard InChI is InChI=1S/C26H25N3O9/c1-12-7-16(25(32)28-19-10-13(2)8-17(26(33)34)23(19)38-5)22(37-4)18(9-12)27-24(31)15-6-14(3)11-20(21(15)30)29(35)36/h6-11,30H,1-5H3,(H,27,31)(H,28,32)(H,33,34). The lowest BCUT2D eigenvalue weighted by Crippen LogP contribution is -2.18. The molecule has 0 radical (unpaired) electrons. The van der Waals surface area contributed by atoms with E-state index in [1.165, 1.54) is 45.4 Å². The first kappa shape index (κ1) is 27.5. The molecule has 0 bridgehead atoms. The third-order valence-electron chi connectivity index (χ3n) is 5.52. The van der Waals surface area contributed by atoms with Crippen LogP contribution in [0, 0.1) is 30.9 Å². The number of ether oxygens (including phenoxy) is 2. The molecule has 0 saturated carbocycles. The third-order valence-corrected chi connectivity index (χ3v) is 5.52. The molecular weight excluding hydrogens is 498 g/mol. The average Bonchev–Trinajstić information content (AvgIpc) is 2.84. The van der Waals surface area contributed by atoms with Crippen molar-refractivity contribution in [2.75, 3.05) is 24.9 Å². The van der Waals surface area contributed by atoms with Crippen LogP contribution < -0.4 is 20.1 Å². The van der Waals surface area contributed by atoms with E-state index in [2.05, 4.69) is 10.6 Å². The maximum absolute atomic E-state index is 13.3. The van der Waals surface area contributed by atoms with Crippen LogP contribution in [0.15, 0.2) is 36.4 Å². The van der Waals surface area contributed by atoms with E-state index in [0.717, 1.165) is 6.07 Å². The van der Waals surface area contributed by atoms with E-state index in [0.29, 0.717) is 16.7 Å². The molecule has 0 aliphatic heterocycles. The largest absolute Gasteiger partial charge is 0.502 e. The number of anilines is 2. The lowest BCUT2D eigenvalue weighted by molar-refractivity contribution is -0.385. The second kappa shape index (κ2) is 10.9. The predicted octanol–water partition coefficient (Wildman–Crippen LogP) is 4.45. The Labute approximate surface area is 217 Å². The fourth-order valence-corrected chi connectivity index (χ4v) is 3.95. The molecule has 0 atom stereocenters. The molecule has 2 amide bonds. The first-order chi connectivity index (χ1) is 17.9. The number of aryl methyl sites for hydroxylation is 3. The third kappa shape index (κ3) is 5.48. The molecule has 12 heteroatoms. The van der Waals surface area contributed by atoms with Gasteiger partial charge in [-0.2, -0.15) is 0 Å². The number of hydrogen-bond acceptors (Lipinski definition) is 8. The van der Waals surface area contributed by atoms with E-state index < -0.39 is 34.1 Å². The number of nitrogens with zero attached hydrogens (tertiary/aromatic N) is 1. The van der Waals surface area contributed by atoms with Crippen molar-refractivity contribution in [1.29, 1.82) is 0 Å². The predicted molar refractivity (Wildman–Crippen MR) is 138 cm³/mol. The molecule has 0 saturated heterocycles. The fraction of sp³-hybridized carbons (Fsp3) is 0.192. The smallest absolute Gasteiger partial charge is 0.339 e. The van der Waals surface area contributed by atoms with Crippen LogP contribution in [0.2, 0.25) is 0 Å². The van der Waals surface area contributed by atoms with Crippen LogP contribution in [0.4, 0.5) is 17.1 Å². The van der Waals surface area contributed by atoms with Gasteiger partial charge in [0.15, 0.2) is 11.5 Å². The quantitative estimate of drug-likeness (QED) is 0.245. The number of carboxylic acids is 1. The number of rotatable bonds is 8. The Bertz CT molecular complexity index is 1480. The van der Waals surface area contributed by atoms with Gasteiger partial charge in [0.25, 0.3) is 11.8 Å². The van der Waals surface area contributed by atoms with Gasteiger partial charge in [-0.3, -0.25) is 19.7 Å². The zero-order valence-corrected chi connectivity index (χ0v) is 21.2. The number of carbonyl (C=O) groups excluding carboxylic acids is 2. The Balaban J connectivity index is 2.03. The monoisotopic (exact) mass is 523 g/mol. The second-order valence-electron chi connectivity index (χ2n) is 8.44. The summed E-state index contributed by atoms with van der Waals surface area (Å²) < 4.78 is 10.6. The molecule has 0 heterocycles. The van der Waals surface area contributed by atoms with Crippen molar-refractivity contribution in [2.45, 2.75) is 20.8 Å². The second-order valence-corrected chi connectivity index (χ2v) is 8.44. The number of methoxy groups -OCH3 is 2. The number of benzene rings is 3. The number of nitro groups is 1. The Kier molecular flexibility index (Phi) is 7.85. The normalized spacial score (nSPS) is 10.4. The van der Waals surface area contributed by atoms with Crippen LogP contribution in [0.1, 0.15) is 47.8 Å². The van der Waals surface area contributed by atoms with E-state index >= 15 is 0 Å². The summed E-state index contributed by atoms with van der Waals surface area (Å²) >= 11 is 0. The van der Waals surface area contributed by atoms with Crippen molar-refractivity contribution >= 4 is 34.8 Å². The molecule has 4 N–H and O–H groups in total. The minimum Gasteiger partial charge on any atom is -0.502 e. The summed E-state index contributed by atoms with van der Waals surface area (Å²) in [5.74, 6) is -3.67. The number of phenolic OH excluding ortho intramolecular Hbond substituents is 1. The highest BCUT2D eigenvalue weighted by Crippen LogP contribution is 2.36. The number of nitrogens with one attached hydrogen (secondary N) is 2. The zero-order chi connectivity index (χ0) is 28.3. The van der Waals surface area contributed by atoms with Gasteiger partial charge in [-0.15, -0.1) is 0 Å². The molecular formula is C26H25N3O9. The zero-order valence-electron chi connectivity index (χ0n) is 21.2. The van der Waals surface area contributed by atoms with E-state index in [9.17, 15) is 34.7 Å². The Morgan fingerprint density at radius 2 is 1.18 bits per heavy atom. The molecule has 12 nitrogen and oxygen atoms in total. The molecule has 198 valence electrons. The molecule has 38 heavy (non-hydrogen) atoms. The van der Waals surface area contributed by atoms with Crippen LogP contribution in [0.3, 0.4) is 0 Å². The highest BCUT2D eigenvalue weighted by molar-refractivity contribution is 6.12. The number of carbonyl (C=O) groups is 3. The summed E-state index contributed by atoms with van der Waals surface area (Å²) in [6, 6.07) is 8.39. The molecule has 0 aliphatic rings. The topological polar surface area (TPSA) is 177 Å². The Hall–Kier alpha value is -5.13. The van der Waals surface area contributed by atoms with Gasteiger partial charge in [0, 0.05) is 6.07 Å². The fourth-order valence-electron chi connectivity index (χ4n) is 3.95. The number of phenols is 1. The van der Waals surface area contributed by atoms with Crippen LogP contribution in [0.25, 0.3) is 0 Å². The van der Waals surface area contributed by atoms with Crippen molar-refractivity contribution in [3.05, 3.63) is 79.9 Å². The summed E-state index contributed by atoms with van der Waals surface area (Å²) in [5.41, 5.74) is 0.569. The SMILES string of the molecule is COc1c(NC(=O)c2cc(C)cc(NC(=O)c3cc(C)cc([N+](=O)[O-])c3O)c2OC)cc(C)cc1C(=O)O. The summed E-state index contributed by atoms with van der Waals surface area (Å²) in [4.78, 5) is 48.4. The number of carboxylic acid groups (broad SMARTS) is 1. The van der Waals surface area contributed by atoms with Crippen molar-refractivity contribution < 1.29 is 39.0 Å². The maximum atomic E-state index is 13.3. The highest BCUT2D eigenvalue weighted by atomic mass is 16.6. The number of hydrogen-bond donors (Lipinski definition) is 4. The van der Waals surface area contributed by atoms with E-state index in [4.69, 9.17) is 9.47 Å². The van der Waals surface area contributed by atoms with Gasteiger partial charge < -0.3 is 30.3 Å². The lowest BCUT2D eigenvalue weighted by atomic mass is 10.0. The molecule has 0 unspecified atom stereocenters.